The molecule has 0 aliphatic heterocycles. The number of anilines is 1. The third-order valence-corrected chi connectivity index (χ3v) is 3.93. The summed E-state index contributed by atoms with van der Waals surface area (Å²) in [6, 6.07) is 9.49. The predicted octanol–water partition coefficient (Wildman–Crippen LogP) is 3.35. The van der Waals surface area contributed by atoms with Gasteiger partial charge >= 0.3 is 0 Å². The molecule has 0 heterocycles. The molecule has 1 saturated carbocycles. The Labute approximate surface area is 111 Å². The highest BCUT2D eigenvalue weighted by atomic mass is 15.1. The maximum atomic E-state index is 3.70. The lowest BCUT2D eigenvalue weighted by Crippen LogP contribution is -2.36. The lowest BCUT2D eigenvalue weighted by Gasteiger charge is -2.25. The highest BCUT2D eigenvalue weighted by Gasteiger charge is 2.12. The van der Waals surface area contributed by atoms with E-state index in [1.807, 2.05) is 0 Å². The summed E-state index contributed by atoms with van der Waals surface area (Å²) in [6.07, 6.45) is 6.99. The van der Waals surface area contributed by atoms with Gasteiger partial charge in [-0.05, 0) is 37.5 Å². The van der Waals surface area contributed by atoms with Gasteiger partial charge in [-0.25, -0.2) is 0 Å². The second-order valence-electron chi connectivity index (χ2n) is 5.55. The summed E-state index contributed by atoms with van der Waals surface area (Å²) in [5.41, 5.74) is 2.65. The molecule has 100 valence electrons. The van der Waals surface area contributed by atoms with Crippen LogP contribution in [0.1, 0.15) is 37.7 Å². The molecular formula is C16H26N2. The zero-order valence-corrected chi connectivity index (χ0v) is 11.8. The first-order chi connectivity index (χ1) is 8.75. The number of aryl methyl sites for hydroxylation is 1. The smallest absolute Gasteiger partial charge is 0.0366 e. The first-order valence-corrected chi connectivity index (χ1v) is 7.27. The van der Waals surface area contributed by atoms with Crippen LogP contribution in [0.5, 0.6) is 0 Å². The Balaban J connectivity index is 1.72. The van der Waals surface area contributed by atoms with Crippen molar-refractivity contribution in [2.45, 2.75) is 45.1 Å². The van der Waals surface area contributed by atoms with E-state index < -0.39 is 0 Å². The van der Waals surface area contributed by atoms with Gasteiger partial charge in [0.05, 0.1) is 0 Å². The molecule has 2 heteroatoms. The van der Waals surface area contributed by atoms with E-state index in [0.717, 1.165) is 19.1 Å². The van der Waals surface area contributed by atoms with Crippen LogP contribution >= 0.6 is 0 Å². The number of benzene rings is 1. The van der Waals surface area contributed by atoms with E-state index >= 15 is 0 Å². The van der Waals surface area contributed by atoms with Crippen molar-refractivity contribution < 1.29 is 0 Å². The van der Waals surface area contributed by atoms with Crippen LogP contribution in [0.4, 0.5) is 5.69 Å². The first-order valence-electron chi connectivity index (χ1n) is 7.27. The molecule has 0 spiro atoms. The van der Waals surface area contributed by atoms with Crippen LogP contribution in [0.15, 0.2) is 24.3 Å². The average molecular weight is 246 g/mol. The number of hydrogen-bond donors (Lipinski definition) is 1. The lowest BCUT2D eigenvalue weighted by molar-refractivity contribution is 0.376. The Morgan fingerprint density at radius 2 is 2.00 bits per heavy atom. The summed E-state index contributed by atoms with van der Waals surface area (Å²) in [4.78, 5) is 2.34. The molecule has 0 aromatic heterocycles. The first kappa shape index (κ1) is 13.4. The largest absolute Gasteiger partial charge is 0.373 e. The number of nitrogens with one attached hydrogen (secondary N) is 1. The molecule has 1 aliphatic carbocycles. The third kappa shape index (κ3) is 4.02. The molecule has 2 nitrogen and oxygen atoms in total. The number of likely N-dealkylation sites (N-methyl/N-ethyl adjacent to an activating group) is 1. The molecule has 1 N–H and O–H groups in total. The molecule has 0 unspecified atom stereocenters. The molecule has 1 aliphatic rings. The zero-order valence-electron chi connectivity index (χ0n) is 11.8. The number of rotatable bonds is 5. The summed E-state index contributed by atoms with van der Waals surface area (Å²) in [5.74, 6) is 0. The van der Waals surface area contributed by atoms with Gasteiger partial charge in [0.15, 0.2) is 0 Å². The highest BCUT2D eigenvalue weighted by molar-refractivity contribution is 5.47. The molecule has 18 heavy (non-hydrogen) atoms. The number of hydrogen-bond acceptors (Lipinski definition) is 2. The zero-order chi connectivity index (χ0) is 12.8. The molecule has 0 radical (unpaired) electrons. The van der Waals surface area contributed by atoms with E-state index in [2.05, 4.69) is 48.5 Å². The lowest BCUT2D eigenvalue weighted by atomic mass is 9.95. The summed E-state index contributed by atoms with van der Waals surface area (Å²) in [5, 5.41) is 3.70. The van der Waals surface area contributed by atoms with Crippen molar-refractivity contribution in [2.24, 2.45) is 0 Å². The van der Waals surface area contributed by atoms with Gasteiger partial charge in [-0.3, -0.25) is 0 Å². The Morgan fingerprint density at radius 1 is 1.22 bits per heavy atom. The standard InChI is InChI=1S/C16H26N2/c1-14-7-6-10-16(13-14)18(2)12-11-17-15-8-4-3-5-9-15/h6-7,10,13,15,17H,3-5,8-9,11-12H2,1-2H3. The van der Waals surface area contributed by atoms with Gasteiger partial charge in [0.25, 0.3) is 0 Å². The van der Waals surface area contributed by atoms with Crippen LogP contribution in [0, 0.1) is 6.92 Å². The molecule has 2 rings (SSSR count). The van der Waals surface area contributed by atoms with E-state index in [1.54, 1.807) is 0 Å². The van der Waals surface area contributed by atoms with Crippen LogP contribution < -0.4 is 10.2 Å². The Kier molecular flexibility index (Phi) is 5.06. The Bertz CT molecular complexity index is 356. The van der Waals surface area contributed by atoms with Crippen LogP contribution in [0.25, 0.3) is 0 Å². The Morgan fingerprint density at radius 3 is 2.72 bits per heavy atom. The summed E-state index contributed by atoms with van der Waals surface area (Å²) < 4.78 is 0. The van der Waals surface area contributed by atoms with Gasteiger partial charge in [-0.1, -0.05) is 31.4 Å². The molecule has 1 aromatic rings. The fourth-order valence-corrected chi connectivity index (χ4v) is 2.74. The van der Waals surface area contributed by atoms with Crippen molar-refractivity contribution in [1.29, 1.82) is 0 Å². The van der Waals surface area contributed by atoms with Gasteiger partial charge in [0, 0.05) is 31.9 Å². The van der Waals surface area contributed by atoms with Gasteiger partial charge in [-0.2, -0.15) is 0 Å². The van der Waals surface area contributed by atoms with Gasteiger partial charge in [0.1, 0.15) is 0 Å². The normalized spacial score (nSPS) is 16.8. The Hall–Kier alpha value is -1.02. The quantitative estimate of drug-likeness (QED) is 0.857. The SMILES string of the molecule is Cc1cccc(N(C)CCNC2CCCCC2)c1. The van der Waals surface area contributed by atoms with Gasteiger partial charge in [0.2, 0.25) is 0 Å². The second-order valence-corrected chi connectivity index (χ2v) is 5.55. The minimum Gasteiger partial charge on any atom is -0.373 e. The number of nitrogens with zero attached hydrogens (tertiary/aromatic N) is 1. The summed E-state index contributed by atoms with van der Waals surface area (Å²) in [6.45, 7) is 4.33. The van der Waals surface area contributed by atoms with Crippen molar-refractivity contribution >= 4 is 5.69 Å². The van der Waals surface area contributed by atoms with Crippen molar-refractivity contribution in [3.63, 3.8) is 0 Å². The van der Waals surface area contributed by atoms with E-state index in [-0.39, 0.29) is 0 Å². The van der Waals surface area contributed by atoms with E-state index in [1.165, 1.54) is 43.4 Å². The van der Waals surface area contributed by atoms with Crippen molar-refractivity contribution in [3.8, 4) is 0 Å². The topological polar surface area (TPSA) is 15.3 Å². The van der Waals surface area contributed by atoms with Crippen LogP contribution in [0.3, 0.4) is 0 Å². The third-order valence-electron chi connectivity index (χ3n) is 3.93. The summed E-state index contributed by atoms with van der Waals surface area (Å²) in [7, 11) is 2.18. The van der Waals surface area contributed by atoms with Gasteiger partial charge in [-0.15, -0.1) is 0 Å². The van der Waals surface area contributed by atoms with Crippen LogP contribution in [-0.2, 0) is 0 Å². The van der Waals surface area contributed by atoms with Crippen LogP contribution in [-0.4, -0.2) is 26.2 Å². The molecular weight excluding hydrogens is 220 g/mol. The molecule has 1 fully saturated rings. The van der Waals surface area contributed by atoms with Crippen molar-refractivity contribution in [3.05, 3.63) is 29.8 Å². The predicted molar refractivity (Wildman–Crippen MR) is 79.3 cm³/mol. The van der Waals surface area contributed by atoms with E-state index in [9.17, 15) is 0 Å². The highest BCUT2D eigenvalue weighted by Crippen LogP contribution is 2.17. The molecule has 0 saturated heterocycles. The van der Waals surface area contributed by atoms with Crippen LogP contribution in [0.2, 0.25) is 0 Å². The minimum absolute atomic E-state index is 0.768. The van der Waals surface area contributed by atoms with E-state index in [0.29, 0.717) is 0 Å². The fourth-order valence-electron chi connectivity index (χ4n) is 2.74. The fraction of sp³-hybridized carbons (Fsp3) is 0.625. The molecule has 0 atom stereocenters. The second kappa shape index (κ2) is 6.79. The van der Waals surface area contributed by atoms with Crippen molar-refractivity contribution in [1.82, 2.24) is 5.32 Å². The molecule has 1 aromatic carbocycles. The molecule has 0 bridgehead atoms. The van der Waals surface area contributed by atoms with Gasteiger partial charge < -0.3 is 10.2 Å². The maximum absolute atomic E-state index is 3.70. The van der Waals surface area contributed by atoms with E-state index in [4.69, 9.17) is 0 Å². The van der Waals surface area contributed by atoms with Crippen molar-refractivity contribution in [2.75, 3.05) is 25.0 Å². The monoisotopic (exact) mass is 246 g/mol. The molecule has 0 amide bonds. The average Bonchev–Trinajstić information content (AvgIpc) is 2.40. The maximum Gasteiger partial charge on any atom is 0.0366 e. The summed E-state index contributed by atoms with van der Waals surface area (Å²) >= 11 is 0. The minimum atomic E-state index is 0.768.